The van der Waals surface area contributed by atoms with E-state index in [4.69, 9.17) is 9.84 Å². The highest BCUT2D eigenvalue weighted by Gasteiger charge is 2.23. The molecule has 0 aliphatic heterocycles. The number of hydrogen-bond acceptors (Lipinski definition) is 4. The highest BCUT2D eigenvalue weighted by Crippen LogP contribution is 2.30. The fourth-order valence-corrected chi connectivity index (χ4v) is 4.03. The minimum absolute atomic E-state index is 0.103. The van der Waals surface area contributed by atoms with Crippen LogP contribution in [0, 0.1) is 11.8 Å². The van der Waals surface area contributed by atoms with Crippen molar-refractivity contribution in [2.24, 2.45) is 11.8 Å². The predicted octanol–water partition coefficient (Wildman–Crippen LogP) is 3.58. The van der Waals surface area contributed by atoms with Crippen LogP contribution in [0.25, 0.3) is 11.3 Å². The molecule has 1 aliphatic rings. The van der Waals surface area contributed by atoms with Crippen molar-refractivity contribution in [2.75, 3.05) is 13.2 Å². The molecule has 0 spiro atoms. The Balaban J connectivity index is 1.62. The Hall–Kier alpha value is -1.99. The van der Waals surface area contributed by atoms with Gasteiger partial charge in [0, 0.05) is 18.2 Å². The first kappa shape index (κ1) is 19.8. The molecule has 6 nitrogen and oxygen atoms in total. The summed E-state index contributed by atoms with van der Waals surface area (Å²) < 4.78 is 7.48. The maximum absolute atomic E-state index is 12.4. The van der Waals surface area contributed by atoms with Crippen molar-refractivity contribution in [3.8, 4) is 11.3 Å². The molecule has 0 radical (unpaired) electrons. The Morgan fingerprint density at radius 2 is 1.85 bits per heavy atom. The number of carbonyl (C=O) groups is 1. The summed E-state index contributed by atoms with van der Waals surface area (Å²) >= 11 is 3.45. The summed E-state index contributed by atoms with van der Waals surface area (Å²) in [7, 11) is 0. The first-order chi connectivity index (χ1) is 13.0. The number of aromatic nitrogens is 2. The van der Waals surface area contributed by atoms with Gasteiger partial charge >= 0.3 is 5.97 Å². The second-order valence-corrected chi connectivity index (χ2v) is 7.88. The molecule has 3 rings (SSSR count). The van der Waals surface area contributed by atoms with Crippen molar-refractivity contribution in [1.82, 2.24) is 9.78 Å². The molecule has 0 amide bonds. The second-order valence-electron chi connectivity index (χ2n) is 7.02. The molecule has 7 heteroatoms. The maximum atomic E-state index is 12.4. The van der Waals surface area contributed by atoms with Gasteiger partial charge in [-0.25, -0.2) is 9.48 Å². The molecule has 1 fully saturated rings. The van der Waals surface area contributed by atoms with Crippen LogP contribution in [0.3, 0.4) is 0 Å². The molecule has 0 atom stereocenters. The molecule has 1 aromatic carbocycles. The van der Waals surface area contributed by atoms with Gasteiger partial charge in [0.1, 0.15) is 12.3 Å². The fourth-order valence-electron chi connectivity index (χ4n) is 3.53. The van der Waals surface area contributed by atoms with E-state index < -0.39 is 5.97 Å². The number of halogens is 1. The zero-order valence-corrected chi connectivity index (χ0v) is 16.6. The molecule has 2 aromatic rings. The first-order valence-corrected chi connectivity index (χ1v) is 9.95. The van der Waals surface area contributed by atoms with Gasteiger partial charge in [-0.2, -0.15) is 5.10 Å². The Bertz CT molecular complexity index is 830. The topological polar surface area (TPSA) is 81.4 Å². The average molecular weight is 435 g/mol. The van der Waals surface area contributed by atoms with Crippen molar-refractivity contribution in [1.29, 1.82) is 0 Å². The highest BCUT2D eigenvalue weighted by atomic mass is 79.9. The van der Waals surface area contributed by atoms with Crippen LogP contribution < -0.4 is 5.56 Å². The van der Waals surface area contributed by atoms with E-state index in [0.29, 0.717) is 29.5 Å². The van der Waals surface area contributed by atoms with Crippen LogP contribution in [0.4, 0.5) is 0 Å². The SMILES string of the molecule is O=C(O)COC[C@H]1CC[C@@H](Cn2nc(-c3ccccc3)c(Br)cc2=O)CC1. The number of nitrogens with zero attached hydrogens (tertiary/aromatic N) is 2. The van der Waals surface area contributed by atoms with E-state index in [9.17, 15) is 9.59 Å². The van der Waals surface area contributed by atoms with Gasteiger partial charge in [-0.3, -0.25) is 4.79 Å². The Morgan fingerprint density at radius 3 is 2.52 bits per heavy atom. The third-order valence-corrected chi connectivity index (χ3v) is 5.58. The zero-order chi connectivity index (χ0) is 19.2. The van der Waals surface area contributed by atoms with E-state index in [-0.39, 0.29) is 12.2 Å². The number of ether oxygens (including phenoxy) is 1. The molecule has 0 bridgehead atoms. The van der Waals surface area contributed by atoms with Crippen LogP contribution in [0.15, 0.2) is 45.7 Å². The third kappa shape index (κ3) is 5.49. The minimum Gasteiger partial charge on any atom is -0.480 e. The normalized spacial score (nSPS) is 19.7. The van der Waals surface area contributed by atoms with Gasteiger partial charge in [-0.15, -0.1) is 0 Å². The summed E-state index contributed by atoms with van der Waals surface area (Å²) in [6, 6.07) is 11.4. The van der Waals surface area contributed by atoms with E-state index in [2.05, 4.69) is 21.0 Å². The zero-order valence-electron chi connectivity index (χ0n) is 15.0. The van der Waals surface area contributed by atoms with Crippen LogP contribution >= 0.6 is 15.9 Å². The number of carboxylic acid groups (broad SMARTS) is 1. The van der Waals surface area contributed by atoms with Crippen molar-refractivity contribution in [3.05, 3.63) is 51.2 Å². The molecule has 1 saturated carbocycles. The number of carboxylic acids is 1. The van der Waals surface area contributed by atoms with Crippen molar-refractivity contribution < 1.29 is 14.6 Å². The largest absolute Gasteiger partial charge is 0.480 e. The van der Waals surface area contributed by atoms with Crippen LogP contribution in [0.1, 0.15) is 25.7 Å². The van der Waals surface area contributed by atoms with Gasteiger partial charge in [0.25, 0.3) is 5.56 Å². The third-order valence-electron chi connectivity index (χ3n) is 4.98. The van der Waals surface area contributed by atoms with Crippen molar-refractivity contribution in [2.45, 2.75) is 32.2 Å². The van der Waals surface area contributed by atoms with Gasteiger partial charge in [0.2, 0.25) is 0 Å². The molecule has 144 valence electrons. The Morgan fingerprint density at radius 1 is 1.19 bits per heavy atom. The van der Waals surface area contributed by atoms with Crippen LogP contribution in [0.5, 0.6) is 0 Å². The fraction of sp³-hybridized carbons (Fsp3) is 0.450. The molecule has 1 N–H and O–H groups in total. The summed E-state index contributed by atoms with van der Waals surface area (Å²) in [5, 5.41) is 13.2. The molecular weight excluding hydrogens is 412 g/mol. The lowest BCUT2D eigenvalue weighted by Crippen LogP contribution is -2.29. The first-order valence-electron chi connectivity index (χ1n) is 9.15. The van der Waals surface area contributed by atoms with E-state index >= 15 is 0 Å². The van der Waals surface area contributed by atoms with E-state index in [1.807, 2.05) is 30.3 Å². The van der Waals surface area contributed by atoms with Gasteiger partial charge < -0.3 is 9.84 Å². The summed E-state index contributed by atoms with van der Waals surface area (Å²) in [5.41, 5.74) is 1.64. The van der Waals surface area contributed by atoms with Gasteiger partial charge in [-0.1, -0.05) is 30.3 Å². The Labute approximate surface area is 166 Å². The highest BCUT2D eigenvalue weighted by molar-refractivity contribution is 9.10. The van der Waals surface area contributed by atoms with E-state index in [1.165, 1.54) is 0 Å². The summed E-state index contributed by atoms with van der Waals surface area (Å²) in [5.74, 6) is -0.135. The van der Waals surface area contributed by atoms with Crippen molar-refractivity contribution in [3.63, 3.8) is 0 Å². The van der Waals surface area contributed by atoms with Gasteiger partial charge in [0.05, 0.1) is 11.1 Å². The monoisotopic (exact) mass is 434 g/mol. The molecule has 1 aromatic heterocycles. The smallest absolute Gasteiger partial charge is 0.329 e. The molecule has 0 unspecified atom stereocenters. The predicted molar refractivity (Wildman–Crippen MR) is 106 cm³/mol. The Kier molecular flexibility index (Phi) is 6.79. The number of benzene rings is 1. The van der Waals surface area contributed by atoms with Crippen LogP contribution in [0.2, 0.25) is 0 Å². The van der Waals surface area contributed by atoms with Gasteiger partial charge in [-0.05, 0) is 53.4 Å². The van der Waals surface area contributed by atoms with E-state index in [0.717, 1.165) is 36.9 Å². The molecule has 0 saturated heterocycles. The standard InChI is InChI=1S/C20H23BrN2O4/c21-17-10-18(24)23(22-20(17)16-4-2-1-3-5-16)11-14-6-8-15(9-7-14)12-27-13-19(25)26/h1-5,10,14-15H,6-9,11-13H2,(H,25,26)/t14-,15+. The molecule has 1 aliphatic carbocycles. The molecule has 1 heterocycles. The molecular formula is C20H23BrN2O4. The summed E-state index contributed by atoms with van der Waals surface area (Å²) in [4.78, 5) is 22.9. The van der Waals surface area contributed by atoms with E-state index in [1.54, 1.807) is 10.7 Å². The summed E-state index contributed by atoms with van der Waals surface area (Å²) in [6.07, 6.45) is 3.96. The summed E-state index contributed by atoms with van der Waals surface area (Å²) in [6.45, 7) is 0.864. The lowest BCUT2D eigenvalue weighted by atomic mass is 9.82. The van der Waals surface area contributed by atoms with Crippen LogP contribution in [-0.2, 0) is 16.1 Å². The van der Waals surface area contributed by atoms with Gasteiger partial charge in [0.15, 0.2) is 0 Å². The average Bonchev–Trinajstić information content (AvgIpc) is 2.66. The number of aliphatic carboxylic acids is 1. The quantitative estimate of drug-likeness (QED) is 0.719. The lowest BCUT2D eigenvalue weighted by Gasteiger charge is -2.28. The second kappa shape index (κ2) is 9.28. The lowest BCUT2D eigenvalue weighted by molar-refractivity contribution is -0.142. The number of hydrogen-bond donors (Lipinski definition) is 1. The van der Waals surface area contributed by atoms with Crippen molar-refractivity contribution >= 4 is 21.9 Å². The number of rotatable bonds is 7. The minimum atomic E-state index is -0.932. The van der Waals surface area contributed by atoms with Crippen LogP contribution in [-0.4, -0.2) is 34.1 Å². The molecule has 27 heavy (non-hydrogen) atoms. The maximum Gasteiger partial charge on any atom is 0.329 e.